The van der Waals surface area contributed by atoms with Gasteiger partial charge in [-0.05, 0) is 38.0 Å². The Kier molecular flexibility index (Phi) is 5.11. The third kappa shape index (κ3) is 3.28. The van der Waals surface area contributed by atoms with Crippen molar-refractivity contribution in [1.82, 2.24) is 19.7 Å². The van der Waals surface area contributed by atoms with Gasteiger partial charge in [0.05, 0.1) is 6.04 Å². The molecule has 7 heteroatoms. The molecule has 128 valence electrons. The van der Waals surface area contributed by atoms with Gasteiger partial charge in [0, 0.05) is 36.0 Å². The Morgan fingerprint density at radius 2 is 2.00 bits per heavy atom. The van der Waals surface area contributed by atoms with E-state index in [-0.39, 0.29) is 11.9 Å². The molecule has 3 rings (SSSR count). The van der Waals surface area contributed by atoms with Gasteiger partial charge in [-0.1, -0.05) is 29.3 Å². The molecule has 2 heterocycles. The smallest absolute Gasteiger partial charge is 0.223 e. The summed E-state index contributed by atoms with van der Waals surface area (Å²) in [5.74, 6) is 1.66. The van der Waals surface area contributed by atoms with Crippen LogP contribution in [0.3, 0.4) is 0 Å². The summed E-state index contributed by atoms with van der Waals surface area (Å²) in [6.45, 7) is 5.50. The zero-order valence-corrected chi connectivity index (χ0v) is 15.3. The Labute approximate surface area is 151 Å². The average Bonchev–Trinajstić information content (AvgIpc) is 3.16. The largest absolute Gasteiger partial charge is 0.333 e. The second kappa shape index (κ2) is 7.11. The fraction of sp³-hybridized carbons (Fsp3) is 0.471. The van der Waals surface area contributed by atoms with Gasteiger partial charge in [-0.3, -0.25) is 4.79 Å². The van der Waals surface area contributed by atoms with Crippen LogP contribution in [0.15, 0.2) is 18.2 Å². The number of halogens is 2. The van der Waals surface area contributed by atoms with E-state index in [0.717, 1.165) is 24.4 Å². The van der Waals surface area contributed by atoms with Gasteiger partial charge in [-0.2, -0.15) is 5.10 Å². The Morgan fingerprint density at radius 1 is 1.29 bits per heavy atom. The van der Waals surface area contributed by atoms with Crippen molar-refractivity contribution in [2.45, 2.75) is 45.7 Å². The van der Waals surface area contributed by atoms with Gasteiger partial charge in [0.1, 0.15) is 5.82 Å². The molecule has 0 unspecified atom stereocenters. The molecule has 1 aliphatic rings. The van der Waals surface area contributed by atoms with Crippen LogP contribution in [0.4, 0.5) is 0 Å². The molecule has 0 radical (unpaired) electrons. The highest BCUT2D eigenvalue weighted by Crippen LogP contribution is 2.28. The Bertz CT molecular complexity index is 739. The lowest BCUT2D eigenvalue weighted by Crippen LogP contribution is -2.30. The van der Waals surface area contributed by atoms with Gasteiger partial charge in [0.2, 0.25) is 5.91 Å². The van der Waals surface area contributed by atoms with E-state index in [4.69, 9.17) is 23.2 Å². The van der Waals surface area contributed by atoms with Crippen molar-refractivity contribution >= 4 is 29.1 Å². The second-order valence-electron chi connectivity index (χ2n) is 5.95. The van der Waals surface area contributed by atoms with Gasteiger partial charge >= 0.3 is 0 Å². The van der Waals surface area contributed by atoms with Crippen molar-refractivity contribution in [3.63, 3.8) is 0 Å². The molecule has 24 heavy (non-hydrogen) atoms. The van der Waals surface area contributed by atoms with E-state index >= 15 is 0 Å². The number of carbonyl (C=O) groups excluding carboxylic acids is 1. The molecule has 1 fully saturated rings. The first kappa shape index (κ1) is 17.2. The zero-order valence-electron chi connectivity index (χ0n) is 13.8. The van der Waals surface area contributed by atoms with E-state index in [2.05, 4.69) is 10.1 Å². The third-order valence-electron chi connectivity index (χ3n) is 4.39. The van der Waals surface area contributed by atoms with Gasteiger partial charge in [-0.15, -0.1) is 0 Å². The van der Waals surface area contributed by atoms with Crippen LogP contribution in [0.1, 0.15) is 49.9 Å². The molecule has 5 nitrogen and oxygen atoms in total. The normalized spacial score (nSPS) is 16.0. The molecule has 0 saturated carbocycles. The van der Waals surface area contributed by atoms with Crippen molar-refractivity contribution in [2.24, 2.45) is 0 Å². The summed E-state index contributed by atoms with van der Waals surface area (Å²) in [6.07, 6.45) is 2.00. The van der Waals surface area contributed by atoms with E-state index in [9.17, 15) is 4.79 Å². The number of amides is 1. The summed E-state index contributed by atoms with van der Waals surface area (Å²) in [7, 11) is 0. The maximum Gasteiger partial charge on any atom is 0.223 e. The maximum atomic E-state index is 12.0. The monoisotopic (exact) mass is 366 g/mol. The fourth-order valence-electron chi connectivity index (χ4n) is 3.10. The lowest BCUT2D eigenvalue weighted by molar-refractivity contribution is -0.129. The summed E-state index contributed by atoms with van der Waals surface area (Å²) in [5, 5.41) is 5.80. The summed E-state index contributed by atoms with van der Waals surface area (Å²) >= 11 is 12.5. The standard InChI is InChI=1S/C17H20Cl2N4O/c1-3-23-17(11(2)22-9-5-8-16(22)24)20-15(21-23)10-12-13(18)6-4-7-14(12)19/h4,6-7,11H,3,5,8-10H2,1-2H3/t11-/m0/s1. The van der Waals surface area contributed by atoms with Crippen LogP contribution < -0.4 is 0 Å². The highest BCUT2D eigenvalue weighted by Gasteiger charge is 2.29. The van der Waals surface area contributed by atoms with Gasteiger partial charge < -0.3 is 4.90 Å². The lowest BCUT2D eigenvalue weighted by Gasteiger charge is -2.23. The summed E-state index contributed by atoms with van der Waals surface area (Å²) < 4.78 is 1.86. The minimum absolute atomic E-state index is 0.0806. The van der Waals surface area contributed by atoms with Crippen molar-refractivity contribution in [2.75, 3.05) is 6.54 Å². The number of aromatic nitrogens is 3. The second-order valence-corrected chi connectivity index (χ2v) is 6.76. The van der Waals surface area contributed by atoms with Crippen LogP contribution in [0.25, 0.3) is 0 Å². The molecular formula is C17H20Cl2N4O. The number of nitrogens with zero attached hydrogens (tertiary/aromatic N) is 4. The van der Waals surface area contributed by atoms with E-state index in [0.29, 0.717) is 35.3 Å². The van der Waals surface area contributed by atoms with Crippen molar-refractivity contribution < 1.29 is 4.79 Å². The van der Waals surface area contributed by atoms with E-state index in [1.807, 2.05) is 41.6 Å². The first-order valence-corrected chi connectivity index (χ1v) is 8.92. The summed E-state index contributed by atoms with van der Waals surface area (Å²) in [5.41, 5.74) is 0.825. The molecule has 1 aromatic heterocycles. The maximum absolute atomic E-state index is 12.0. The Hall–Kier alpha value is -1.59. The summed E-state index contributed by atoms with van der Waals surface area (Å²) in [4.78, 5) is 18.6. The van der Waals surface area contributed by atoms with Crippen molar-refractivity contribution in [3.8, 4) is 0 Å². The molecule has 0 N–H and O–H groups in total. The van der Waals surface area contributed by atoms with Crippen LogP contribution >= 0.6 is 23.2 Å². The molecule has 0 bridgehead atoms. The van der Waals surface area contributed by atoms with Crippen LogP contribution in [-0.4, -0.2) is 32.1 Å². The highest BCUT2D eigenvalue weighted by atomic mass is 35.5. The molecule has 1 atom stereocenters. The molecule has 1 aliphatic heterocycles. The number of carbonyl (C=O) groups is 1. The molecule has 1 aromatic carbocycles. The predicted molar refractivity (Wildman–Crippen MR) is 94.3 cm³/mol. The number of benzene rings is 1. The molecule has 2 aromatic rings. The van der Waals surface area contributed by atoms with Gasteiger partial charge in [-0.25, -0.2) is 9.67 Å². The van der Waals surface area contributed by atoms with Gasteiger partial charge in [0.15, 0.2) is 5.82 Å². The van der Waals surface area contributed by atoms with E-state index in [1.165, 1.54) is 0 Å². The number of likely N-dealkylation sites (tertiary alicyclic amines) is 1. The minimum atomic E-state index is -0.0806. The fourth-order valence-corrected chi connectivity index (χ4v) is 3.63. The minimum Gasteiger partial charge on any atom is -0.333 e. The number of aryl methyl sites for hydroxylation is 1. The lowest BCUT2D eigenvalue weighted by atomic mass is 10.1. The van der Waals surface area contributed by atoms with Crippen molar-refractivity contribution in [1.29, 1.82) is 0 Å². The molecule has 1 amide bonds. The van der Waals surface area contributed by atoms with Gasteiger partial charge in [0.25, 0.3) is 0 Å². The zero-order chi connectivity index (χ0) is 17.3. The van der Waals surface area contributed by atoms with E-state index in [1.54, 1.807) is 0 Å². The summed E-state index contributed by atoms with van der Waals surface area (Å²) in [6, 6.07) is 5.36. The number of hydrogen-bond donors (Lipinski definition) is 0. The molecule has 0 aliphatic carbocycles. The number of rotatable bonds is 5. The van der Waals surface area contributed by atoms with Crippen LogP contribution in [0, 0.1) is 0 Å². The Morgan fingerprint density at radius 3 is 2.58 bits per heavy atom. The van der Waals surface area contributed by atoms with Crippen LogP contribution in [-0.2, 0) is 17.8 Å². The topological polar surface area (TPSA) is 51.0 Å². The quantitative estimate of drug-likeness (QED) is 0.806. The molecule has 0 spiro atoms. The average molecular weight is 367 g/mol. The first-order chi connectivity index (χ1) is 11.5. The Balaban J connectivity index is 1.89. The molecular weight excluding hydrogens is 347 g/mol. The predicted octanol–water partition coefficient (Wildman–Crippen LogP) is 3.88. The molecule has 1 saturated heterocycles. The van der Waals surface area contributed by atoms with Crippen molar-refractivity contribution in [3.05, 3.63) is 45.5 Å². The van der Waals surface area contributed by atoms with Crippen LogP contribution in [0.5, 0.6) is 0 Å². The third-order valence-corrected chi connectivity index (χ3v) is 5.10. The SMILES string of the molecule is CCn1nc(Cc2c(Cl)cccc2Cl)nc1[C@H](C)N1CCCC1=O. The van der Waals surface area contributed by atoms with E-state index < -0.39 is 0 Å². The first-order valence-electron chi connectivity index (χ1n) is 8.17. The highest BCUT2D eigenvalue weighted by molar-refractivity contribution is 6.36. The van der Waals surface area contributed by atoms with Crippen LogP contribution in [0.2, 0.25) is 10.0 Å². The number of hydrogen-bond acceptors (Lipinski definition) is 3.